The van der Waals surface area contributed by atoms with Gasteiger partial charge in [0.1, 0.15) is 4.88 Å². The first-order chi connectivity index (χ1) is 15.9. The van der Waals surface area contributed by atoms with Crippen LogP contribution in [0.15, 0.2) is 61.0 Å². The molecule has 1 unspecified atom stereocenters. The molecule has 2 aromatic rings. The Kier molecular flexibility index (Phi) is 8.71. The molecule has 2 rings (SSSR count). The number of halogens is 3. The summed E-state index contributed by atoms with van der Waals surface area (Å²) in [7, 11) is 1.30. The number of allylic oxidation sites excluding steroid dienone is 5. The predicted molar refractivity (Wildman–Crippen MR) is 129 cm³/mol. The number of nitrogens with zero attached hydrogens (tertiary/aromatic N) is 1. The first-order valence-corrected chi connectivity index (χ1v) is 11.1. The number of rotatable bonds is 9. The summed E-state index contributed by atoms with van der Waals surface area (Å²) in [5.41, 5.74) is 3.77. The van der Waals surface area contributed by atoms with Gasteiger partial charge in [0, 0.05) is 21.8 Å². The molecule has 0 saturated carbocycles. The second kappa shape index (κ2) is 10.9. The average Bonchev–Trinajstić information content (AvgIpc) is 3.16. The summed E-state index contributed by atoms with van der Waals surface area (Å²) in [4.78, 5) is 12.9. The molecule has 0 fully saturated rings. The van der Waals surface area contributed by atoms with Gasteiger partial charge in [0.25, 0.3) is 0 Å². The van der Waals surface area contributed by atoms with Gasteiger partial charge in [-0.3, -0.25) is 0 Å². The second-order valence-electron chi connectivity index (χ2n) is 7.44. The Morgan fingerprint density at radius 1 is 1.35 bits per heavy atom. The highest BCUT2D eigenvalue weighted by Crippen LogP contribution is 2.38. The lowest BCUT2D eigenvalue weighted by atomic mass is 9.96. The topological polar surface area (TPSA) is 102 Å². The van der Waals surface area contributed by atoms with Crippen LogP contribution in [0, 0.1) is 0 Å². The lowest BCUT2D eigenvalue weighted by Gasteiger charge is -2.30. The van der Waals surface area contributed by atoms with Gasteiger partial charge in [-0.25, -0.2) is 10.6 Å². The fourth-order valence-corrected chi connectivity index (χ4v) is 4.57. The summed E-state index contributed by atoms with van der Waals surface area (Å²) in [5, 5.41) is 11.8. The third-order valence-electron chi connectivity index (χ3n) is 5.27. The summed E-state index contributed by atoms with van der Waals surface area (Å²) < 4.78 is 45.4. The summed E-state index contributed by atoms with van der Waals surface area (Å²) >= 11 is 1.24. The van der Waals surface area contributed by atoms with Crippen molar-refractivity contribution >= 4 is 33.0 Å². The monoisotopic (exact) mass is 495 g/mol. The molecular weight excluding hydrogens is 467 g/mol. The third-order valence-corrected chi connectivity index (χ3v) is 6.40. The summed E-state index contributed by atoms with van der Waals surface area (Å²) in [6.07, 6.45) is 2.37. The number of nitrogens with two attached hydrogens (primary N) is 2. The molecule has 6 nitrogen and oxygen atoms in total. The van der Waals surface area contributed by atoms with E-state index in [9.17, 15) is 23.1 Å². The van der Waals surface area contributed by atoms with Gasteiger partial charge in [-0.05, 0) is 30.5 Å². The van der Waals surface area contributed by atoms with E-state index in [1.807, 2.05) is 25.1 Å². The van der Waals surface area contributed by atoms with Crippen molar-refractivity contribution in [2.45, 2.75) is 38.6 Å². The zero-order valence-electron chi connectivity index (χ0n) is 19.1. The lowest BCUT2D eigenvalue weighted by molar-refractivity contribution is -0.245. The minimum absolute atomic E-state index is 0.0158. The maximum atomic E-state index is 13.2. The van der Waals surface area contributed by atoms with Crippen molar-refractivity contribution in [3.05, 3.63) is 77.0 Å². The van der Waals surface area contributed by atoms with Gasteiger partial charge >= 0.3 is 12.1 Å². The lowest BCUT2D eigenvalue weighted by Crippen LogP contribution is -2.49. The van der Waals surface area contributed by atoms with Gasteiger partial charge in [-0.2, -0.15) is 13.2 Å². The molecule has 5 N–H and O–H groups in total. The average molecular weight is 496 g/mol. The maximum absolute atomic E-state index is 13.2. The van der Waals surface area contributed by atoms with Crippen LogP contribution in [0.25, 0.3) is 15.7 Å². The SMILES string of the molecule is C=C/C=C\C(=C/C)c1c(C(=O)OC)sc2cc(CN(N)/C=C(\N)C(O)(CC)C(F)(F)F)ccc12. The highest BCUT2D eigenvalue weighted by Gasteiger charge is 2.54. The number of hydrogen-bond acceptors (Lipinski definition) is 7. The van der Waals surface area contributed by atoms with Crippen LogP contribution in [0.2, 0.25) is 0 Å². The number of hydrogen-bond donors (Lipinski definition) is 3. The van der Waals surface area contributed by atoms with Crippen molar-refractivity contribution < 1.29 is 27.8 Å². The van der Waals surface area contributed by atoms with E-state index in [4.69, 9.17) is 16.3 Å². The molecule has 1 heterocycles. The summed E-state index contributed by atoms with van der Waals surface area (Å²) in [6.45, 7) is 6.71. The Hall–Kier alpha value is -3.08. The highest BCUT2D eigenvalue weighted by atomic mass is 32.1. The predicted octanol–water partition coefficient (Wildman–Crippen LogP) is 5.01. The van der Waals surface area contributed by atoms with Crippen molar-refractivity contribution in [3.8, 4) is 0 Å². The number of esters is 1. The molecule has 0 aliphatic rings. The van der Waals surface area contributed by atoms with Crippen molar-refractivity contribution in [1.82, 2.24) is 5.01 Å². The number of carbonyl (C=O) groups excluding carboxylic acids is 1. The number of ether oxygens (including phenoxy) is 1. The molecule has 0 bridgehead atoms. The molecule has 1 aromatic carbocycles. The second-order valence-corrected chi connectivity index (χ2v) is 8.49. The third kappa shape index (κ3) is 5.52. The van der Waals surface area contributed by atoms with Crippen LogP contribution >= 0.6 is 11.3 Å². The van der Waals surface area contributed by atoms with E-state index < -0.39 is 29.9 Å². The molecule has 0 saturated heterocycles. The van der Waals surface area contributed by atoms with Crippen LogP contribution in [-0.4, -0.2) is 35.0 Å². The van der Waals surface area contributed by atoms with E-state index >= 15 is 0 Å². The molecule has 34 heavy (non-hydrogen) atoms. The molecular formula is C24H28F3N3O3S. The van der Waals surface area contributed by atoms with Gasteiger partial charge in [0.2, 0.25) is 5.60 Å². The van der Waals surface area contributed by atoms with Crippen LogP contribution < -0.4 is 11.6 Å². The van der Waals surface area contributed by atoms with Crippen LogP contribution in [0.1, 0.15) is 41.1 Å². The number of thiophene rings is 1. The number of fused-ring (bicyclic) bond motifs is 1. The molecule has 0 radical (unpaired) electrons. The Labute approximate surface area is 200 Å². The molecule has 184 valence electrons. The number of alkyl halides is 3. The summed E-state index contributed by atoms with van der Waals surface area (Å²) in [6, 6.07) is 5.36. The van der Waals surface area contributed by atoms with E-state index in [1.54, 1.807) is 24.3 Å². The van der Waals surface area contributed by atoms with Crippen molar-refractivity contribution in [2.24, 2.45) is 11.6 Å². The van der Waals surface area contributed by atoms with Crippen molar-refractivity contribution in [1.29, 1.82) is 0 Å². The quantitative estimate of drug-likeness (QED) is 0.196. The number of carbonyl (C=O) groups is 1. The zero-order chi connectivity index (χ0) is 25.7. The maximum Gasteiger partial charge on any atom is 0.422 e. The number of methoxy groups -OCH3 is 1. The first kappa shape index (κ1) is 27.2. The Balaban J connectivity index is 2.47. The van der Waals surface area contributed by atoms with Crippen LogP contribution in [0.5, 0.6) is 0 Å². The highest BCUT2D eigenvalue weighted by molar-refractivity contribution is 7.21. The van der Waals surface area contributed by atoms with E-state index in [1.165, 1.54) is 25.4 Å². The molecule has 10 heteroatoms. The van der Waals surface area contributed by atoms with Crippen LogP contribution in [-0.2, 0) is 11.3 Å². The Bertz CT molecular complexity index is 1150. The minimum atomic E-state index is -4.94. The molecule has 0 spiro atoms. The van der Waals surface area contributed by atoms with Gasteiger partial charge in [0.05, 0.1) is 19.4 Å². The van der Waals surface area contributed by atoms with Gasteiger partial charge in [-0.15, -0.1) is 11.3 Å². The summed E-state index contributed by atoms with van der Waals surface area (Å²) in [5.74, 6) is 5.39. The molecule has 1 aromatic heterocycles. The van der Waals surface area contributed by atoms with Gasteiger partial charge in [0.15, 0.2) is 0 Å². The fraction of sp³-hybridized carbons (Fsp3) is 0.292. The van der Waals surface area contributed by atoms with E-state index in [2.05, 4.69) is 6.58 Å². The van der Waals surface area contributed by atoms with E-state index in [0.29, 0.717) is 16.0 Å². The van der Waals surface area contributed by atoms with Gasteiger partial charge < -0.3 is 20.6 Å². The molecule has 0 amide bonds. The molecule has 1 atom stereocenters. The standard InChI is InChI=1S/C24H28F3N3O3S/c1-5-8-9-16(6-2)20-17-11-10-15(12-18(17)34-21(20)22(31)33-4)13-30(29)14-19(28)23(32,7-3)24(25,26)27/h5-6,8-12,14,32H,1,7,13,28-29H2,2-4H3/b9-8-,16-6+,19-14-. The van der Waals surface area contributed by atoms with E-state index in [-0.39, 0.29) is 6.54 Å². The molecule has 0 aliphatic carbocycles. The Morgan fingerprint density at radius 3 is 2.56 bits per heavy atom. The largest absolute Gasteiger partial charge is 0.465 e. The van der Waals surface area contributed by atoms with E-state index in [0.717, 1.165) is 26.9 Å². The van der Waals surface area contributed by atoms with Crippen molar-refractivity contribution in [3.63, 3.8) is 0 Å². The number of hydrazine groups is 1. The van der Waals surface area contributed by atoms with Crippen LogP contribution in [0.3, 0.4) is 0 Å². The zero-order valence-corrected chi connectivity index (χ0v) is 20.0. The Morgan fingerprint density at radius 2 is 2.03 bits per heavy atom. The minimum Gasteiger partial charge on any atom is -0.465 e. The van der Waals surface area contributed by atoms with Crippen LogP contribution in [0.4, 0.5) is 13.2 Å². The smallest absolute Gasteiger partial charge is 0.422 e. The first-order valence-electron chi connectivity index (χ1n) is 10.3. The number of aliphatic hydroxyl groups is 1. The normalized spacial score (nSPS) is 14.9. The number of benzene rings is 1. The fourth-order valence-electron chi connectivity index (χ4n) is 3.37. The van der Waals surface area contributed by atoms with Crippen molar-refractivity contribution in [2.75, 3.05) is 7.11 Å². The molecule has 0 aliphatic heterocycles. The van der Waals surface area contributed by atoms with Gasteiger partial charge in [-0.1, -0.05) is 49.9 Å².